The van der Waals surface area contributed by atoms with Crippen molar-refractivity contribution in [1.82, 2.24) is 10.9 Å². The van der Waals surface area contributed by atoms with E-state index in [0.717, 1.165) is 16.3 Å². The van der Waals surface area contributed by atoms with E-state index < -0.39 is 5.91 Å². The van der Waals surface area contributed by atoms with Gasteiger partial charge < -0.3 is 14.2 Å². The van der Waals surface area contributed by atoms with Crippen LogP contribution in [0, 0.1) is 0 Å². The summed E-state index contributed by atoms with van der Waals surface area (Å²) in [5.41, 5.74) is 6.00. The van der Waals surface area contributed by atoms with E-state index in [1.54, 1.807) is 0 Å². The van der Waals surface area contributed by atoms with E-state index in [2.05, 4.69) is 10.9 Å². The van der Waals surface area contributed by atoms with Crippen LogP contribution in [0.4, 0.5) is 0 Å². The third kappa shape index (κ3) is 4.40. The van der Waals surface area contributed by atoms with E-state index in [9.17, 15) is 9.59 Å². The quantitative estimate of drug-likeness (QED) is 0.628. The third-order valence-electron chi connectivity index (χ3n) is 4.47. The van der Waals surface area contributed by atoms with Gasteiger partial charge in [0.25, 0.3) is 5.91 Å². The molecule has 0 radical (unpaired) electrons. The van der Waals surface area contributed by atoms with Gasteiger partial charge in [-0.2, -0.15) is 0 Å². The summed E-state index contributed by atoms with van der Waals surface area (Å²) in [4.78, 5) is 24.8. The van der Waals surface area contributed by atoms with Crippen LogP contribution < -0.4 is 25.1 Å². The number of ether oxygens (including phenoxy) is 3. The van der Waals surface area contributed by atoms with Crippen LogP contribution in [0.15, 0.2) is 54.6 Å². The summed E-state index contributed by atoms with van der Waals surface area (Å²) in [6.45, 7) is 0. The Morgan fingerprint density at radius 2 is 1.48 bits per heavy atom. The topological polar surface area (TPSA) is 85.9 Å². The molecule has 7 nitrogen and oxygen atoms in total. The summed E-state index contributed by atoms with van der Waals surface area (Å²) in [5.74, 6) is 0.238. The van der Waals surface area contributed by atoms with Gasteiger partial charge in [-0.15, -0.1) is 0 Å². The summed E-state index contributed by atoms with van der Waals surface area (Å²) in [6.07, 6.45) is 0.136. The standard InChI is InChI=1S/C22H22N2O5/c1-27-18-11-16(12-19(28-2)21(18)29-3)22(26)24-23-20(25)13-15-9-6-8-14-7-4-5-10-17(14)15/h4-12H,13H2,1-3H3,(H,23,25)(H,24,26). The lowest BCUT2D eigenvalue weighted by Crippen LogP contribution is -2.42. The summed E-state index contributed by atoms with van der Waals surface area (Å²) in [5, 5.41) is 2.06. The van der Waals surface area contributed by atoms with Gasteiger partial charge in [0.1, 0.15) is 0 Å². The van der Waals surface area contributed by atoms with Crippen LogP contribution in [0.3, 0.4) is 0 Å². The molecule has 0 fully saturated rings. The molecule has 150 valence electrons. The van der Waals surface area contributed by atoms with Gasteiger partial charge in [-0.05, 0) is 28.5 Å². The van der Waals surface area contributed by atoms with Crippen LogP contribution in [0.5, 0.6) is 17.2 Å². The molecule has 0 heterocycles. The van der Waals surface area contributed by atoms with Crippen LogP contribution >= 0.6 is 0 Å². The van der Waals surface area contributed by atoms with Crippen LogP contribution in [0.1, 0.15) is 15.9 Å². The van der Waals surface area contributed by atoms with E-state index >= 15 is 0 Å². The molecular formula is C22H22N2O5. The van der Waals surface area contributed by atoms with Gasteiger partial charge in [-0.25, -0.2) is 0 Å². The number of amides is 2. The Morgan fingerprint density at radius 1 is 0.828 bits per heavy atom. The van der Waals surface area contributed by atoms with Gasteiger partial charge in [-0.3, -0.25) is 20.4 Å². The average Bonchev–Trinajstić information content (AvgIpc) is 2.76. The zero-order valence-electron chi connectivity index (χ0n) is 16.4. The molecule has 2 amide bonds. The van der Waals surface area contributed by atoms with E-state index in [1.807, 2.05) is 42.5 Å². The molecule has 3 rings (SSSR count). The monoisotopic (exact) mass is 394 g/mol. The maximum absolute atomic E-state index is 12.5. The second kappa shape index (κ2) is 8.97. The average molecular weight is 394 g/mol. The molecule has 2 N–H and O–H groups in total. The van der Waals surface area contributed by atoms with Crippen LogP contribution in [0.2, 0.25) is 0 Å². The van der Waals surface area contributed by atoms with E-state index in [4.69, 9.17) is 14.2 Å². The number of carbonyl (C=O) groups excluding carboxylic acids is 2. The number of nitrogens with one attached hydrogen (secondary N) is 2. The van der Waals surface area contributed by atoms with Crippen molar-refractivity contribution >= 4 is 22.6 Å². The van der Waals surface area contributed by atoms with Gasteiger partial charge in [0.05, 0.1) is 27.8 Å². The fourth-order valence-electron chi connectivity index (χ4n) is 3.07. The lowest BCUT2D eigenvalue weighted by atomic mass is 10.0. The van der Waals surface area contributed by atoms with Gasteiger partial charge >= 0.3 is 0 Å². The molecule has 7 heteroatoms. The summed E-state index contributed by atoms with van der Waals surface area (Å²) in [7, 11) is 4.41. The molecular weight excluding hydrogens is 372 g/mol. The van der Waals surface area contributed by atoms with Crippen molar-refractivity contribution in [2.45, 2.75) is 6.42 Å². The number of fused-ring (bicyclic) bond motifs is 1. The Morgan fingerprint density at radius 3 is 2.14 bits per heavy atom. The summed E-state index contributed by atoms with van der Waals surface area (Å²) in [6, 6.07) is 16.6. The smallest absolute Gasteiger partial charge is 0.269 e. The first-order valence-electron chi connectivity index (χ1n) is 8.93. The molecule has 0 saturated heterocycles. The highest BCUT2D eigenvalue weighted by atomic mass is 16.5. The minimum atomic E-state index is -0.504. The lowest BCUT2D eigenvalue weighted by Gasteiger charge is -2.14. The molecule has 0 aliphatic rings. The Hall–Kier alpha value is -3.74. The van der Waals surface area contributed by atoms with Gasteiger partial charge in [0.2, 0.25) is 11.7 Å². The van der Waals surface area contributed by atoms with Gasteiger partial charge in [-0.1, -0.05) is 42.5 Å². The molecule has 0 aliphatic heterocycles. The largest absolute Gasteiger partial charge is 0.493 e. The summed E-state index contributed by atoms with van der Waals surface area (Å²) >= 11 is 0. The van der Waals surface area contributed by atoms with E-state index in [-0.39, 0.29) is 17.9 Å². The number of carbonyl (C=O) groups is 2. The third-order valence-corrected chi connectivity index (χ3v) is 4.47. The number of hydrazine groups is 1. The molecule has 0 atom stereocenters. The van der Waals surface area contributed by atoms with Gasteiger partial charge in [0, 0.05) is 5.56 Å². The number of methoxy groups -OCH3 is 3. The molecule has 0 spiro atoms. The highest BCUT2D eigenvalue weighted by molar-refractivity contribution is 5.97. The Bertz CT molecular complexity index is 1020. The Balaban J connectivity index is 1.69. The Labute approximate surface area is 168 Å². The minimum absolute atomic E-state index is 0.136. The fourth-order valence-corrected chi connectivity index (χ4v) is 3.07. The van der Waals surface area contributed by atoms with Crippen molar-refractivity contribution in [3.63, 3.8) is 0 Å². The van der Waals surface area contributed by atoms with E-state index in [1.165, 1.54) is 33.5 Å². The first-order chi connectivity index (χ1) is 14.1. The number of benzene rings is 3. The predicted octanol–water partition coefficient (Wildman–Crippen LogP) is 2.87. The molecule has 3 aromatic carbocycles. The maximum Gasteiger partial charge on any atom is 0.269 e. The zero-order chi connectivity index (χ0) is 20.8. The van der Waals surface area contributed by atoms with E-state index in [0.29, 0.717) is 17.2 Å². The normalized spacial score (nSPS) is 10.3. The highest BCUT2D eigenvalue weighted by Gasteiger charge is 2.17. The number of hydrogen-bond acceptors (Lipinski definition) is 5. The highest BCUT2D eigenvalue weighted by Crippen LogP contribution is 2.38. The molecule has 0 aliphatic carbocycles. The molecule has 29 heavy (non-hydrogen) atoms. The van der Waals surface area contributed by atoms with Crippen LogP contribution in [-0.2, 0) is 11.2 Å². The summed E-state index contributed by atoms with van der Waals surface area (Å²) < 4.78 is 15.7. The Kier molecular flexibility index (Phi) is 6.19. The van der Waals surface area contributed by atoms with Crippen molar-refractivity contribution in [1.29, 1.82) is 0 Å². The first kappa shape index (κ1) is 20.0. The first-order valence-corrected chi connectivity index (χ1v) is 8.93. The molecule has 3 aromatic rings. The predicted molar refractivity (Wildman–Crippen MR) is 109 cm³/mol. The second-order valence-corrected chi connectivity index (χ2v) is 6.23. The van der Waals surface area contributed by atoms with Crippen molar-refractivity contribution < 1.29 is 23.8 Å². The van der Waals surface area contributed by atoms with Crippen molar-refractivity contribution in [2.75, 3.05) is 21.3 Å². The molecule has 0 aromatic heterocycles. The van der Waals surface area contributed by atoms with Crippen LogP contribution in [-0.4, -0.2) is 33.1 Å². The van der Waals surface area contributed by atoms with Crippen molar-refractivity contribution in [2.24, 2.45) is 0 Å². The van der Waals surface area contributed by atoms with Crippen molar-refractivity contribution in [3.8, 4) is 17.2 Å². The maximum atomic E-state index is 12.5. The minimum Gasteiger partial charge on any atom is -0.493 e. The zero-order valence-corrected chi connectivity index (χ0v) is 16.4. The SMILES string of the molecule is COc1cc(C(=O)NNC(=O)Cc2cccc3ccccc23)cc(OC)c1OC. The van der Waals surface area contributed by atoms with Crippen molar-refractivity contribution in [3.05, 3.63) is 65.7 Å². The fraction of sp³-hybridized carbons (Fsp3) is 0.182. The molecule has 0 unspecified atom stereocenters. The molecule has 0 bridgehead atoms. The number of rotatable bonds is 6. The van der Waals surface area contributed by atoms with Gasteiger partial charge in [0.15, 0.2) is 11.5 Å². The number of hydrogen-bond donors (Lipinski definition) is 2. The lowest BCUT2D eigenvalue weighted by molar-refractivity contribution is -0.121. The molecule has 0 saturated carbocycles. The van der Waals surface area contributed by atoms with Crippen LogP contribution in [0.25, 0.3) is 10.8 Å². The second-order valence-electron chi connectivity index (χ2n) is 6.23.